The van der Waals surface area contributed by atoms with Crippen molar-refractivity contribution in [2.45, 2.75) is 20.1 Å². The minimum absolute atomic E-state index is 0.331. The van der Waals surface area contributed by atoms with E-state index >= 15 is 0 Å². The Balaban J connectivity index is 1.35. The Kier molecular flexibility index (Phi) is 5.38. The van der Waals surface area contributed by atoms with Gasteiger partial charge >= 0.3 is 0 Å². The minimum atomic E-state index is 0.331. The van der Waals surface area contributed by atoms with Crippen LogP contribution in [-0.2, 0) is 13.2 Å². The SMILES string of the molecule is Cc1cccc(COc2cccc(OCc3coc(-c4ccccc4)n3)c2)c1. The number of hydrogen-bond donors (Lipinski definition) is 0. The van der Waals surface area contributed by atoms with E-state index in [1.54, 1.807) is 6.26 Å². The maximum Gasteiger partial charge on any atom is 0.226 e. The highest BCUT2D eigenvalue weighted by Gasteiger charge is 2.07. The van der Waals surface area contributed by atoms with Gasteiger partial charge in [-0.1, -0.05) is 54.1 Å². The van der Waals surface area contributed by atoms with Crippen LogP contribution >= 0.6 is 0 Å². The average molecular weight is 371 g/mol. The fourth-order valence-corrected chi connectivity index (χ4v) is 2.87. The van der Waals surface area contributed by atoms with E-state index in [-0.39, 0.29) is 0 Å². The van der Waals surface area contributed by atoms with Crippen molar-refractivity contribution in [2.75, 3.05) is 0 Å². The second-order valence-corrected chi connectivity index (χ2v) is 6.55. The molecule has 0 radical (unpaired) electrons. The third kappa shape index (κ3) is 4.60. The highest BCUT2D eigenvalue weighted by atomic mass is 16.5. The van der Waals surface area contributed by atoms with Gasteiger partial charge in [-0.2, -0.15) is 0 Å². The molecule has 0 saturated carbocycles. The quantitative estimate of drug-likeness (QED) is 0.411. The summed E-state index contributed by atoms with van der Waals surface area (Å²) in [6, 6.07) is 25.7. The number of hydrogen-bond acceptors (Lipinski definition) is 4. The summed E-state index contributed by atoms with van der Waals surface area (Å²) < 4.78 is 17.3. The highest BCUT2D eigenvalue weighted by molar-refractivity contribution is 5.52. The summed E-state index contributed by atoms with van der Waals surface area (Å²) >= 11 is 0. The van der Waals surface area contributed by atoms with Crippen LogP contribution < -0.4 is 9.47 Å². The van der Waals surface area contributed by atoms with E-state index in [2.05, 4.69) is 30.1 Å². The van der Waals surface area contributed by atoms with Gasteiger partial charge in [0, 0.05) is 11.6 Å². The van der Waals surface area contributed by atoms with Gasteiger partial charge in [-0.25, -0.2) is 4.98 Å². The molecule has 4 aromatic rings. The van der Waals surface area contributed by atoms with Gasteiger partial charge in [0.15, 0.2) is 0 Å². The Bertz CT molecular complexity index is 1040. The lowest BCUT2D eigenvalue weighted by Crippen LogP contribution is -1.98. The molecule has 0 bridgehead atoms. The van der Waals surface area contributed by atoms with E-state index in [0.29, 0.717) is 19.1 Å². The molecule has 0 amide bonds. The maximum atomic E-state index is 5.89. The molecular weight excluding hydrogens is 350 g/mol. The second-order valence-electron chi connectivity index (χ2n) is 6.55. The van der Waals surface area contributed by atoms with Gasteiger partial charge in [-0.15, -0.1) is 0 Å². The van der Waals surface area contributed by atoms with Crippen LogP contribution in [0.4, 0.5) is 0 Å². The largest absolute Gasteiger partial charge is 0.489 e. The van der Waals surface area contributed by atoms with Crippen LogP contribution in [0.1, 0.15) is 16.8 Å². The summed E-state index contributed by atoms with van der Waals surface area (Å²) in [5, 5.41) is 0. The zero-order valence-electron chi connectivity index (χ0n) is 15.7. The molecule has 0 N–H and O–H groups in total. The number of nitrogens with zero attached hydrogens (tertiary/aromatic N) is 1. The monoisotopic (exact) mass is 371 g/mol. The third-order valence-corrected chi connectivity index (χ3v) is 4.25. The molecule has 0 aliphatic carbocycles. The Labute approximate surface area is 164 Å². The lowest BCUT2D eigenvalue weighted by Gasteiger charge is -2.09. The average Bonchev–Trinajstić information content (AvgIpc) is 3.21. The van der Waals surface area contributed by atoms with Crippen molar-refractivity contribution in [2.24, 2.45) is 0 Å². The molecule has 0 saturated heterocycles. The van der Waals surface area contributed by atoms with Crippen LogP contribution in [0.3, 0.4) is 0 Å². The van der Waals surface area contributed by atoms with Crippen LogP contribution in [0.25, 0.3) is 11.5 Å². The second kappa shape index (κ2) is 8.44. The van der Waals surface area contributed by atoms with Gasteiger partial charge in [0.1, 0.15) is 36.7 Å². The molecule has 0 unspecified atom stereocenters. The third-order valence-electron chi connectivity index (χ3n) is 4.25. The smallest absolute Gasteiger partial charge is 0.226 e. The summed E-state index contributed by atoms with van der Waals surface area (Å²) in [4.78, 5) is 4.48. The summed E-state index contributed by atoms with van der Waals surface area (Å²) in [7, 11) is 0. The van der Waals surface area contributed by atoms with E-state index < -0.39 is 0 Å². The van der Waals surface area contributed by atoms with Crippen molar-refractivity contribution in [3.05, 3.63) is 102 Å². The van der Waals surface area contributed by atoms with Gasteiger partial charge < -0.3 is 13.9 Å². The Morgan fingerprint density at radius 1 is 0.786 bits per heavy atom. The number of oxazole rings is 1. The number of benzene rings is 3. The normalized spacial score (nSPS) is 10.6. The molecule has 0 spiro atoms. The molecule has 3 aromatic carbocycles. The van der Waals surface area contributed by atoms with E-state index in [9.17, 15) is 0 Å². The van der Waals surface area contributed by atoms with Crippen LogP contribution in [0.2, 0.25) is 0 Å². The van der Waals surface area contributed by atoms with Crippen molar-refractivity contribution in [1.29, 1.82) is 0 Å². The number of aryl methyl sites for hydroxylation is 1. The van der Waals surface area contributed by atoms with Crippen LogP contribution in [0, 0.1) is 6.92 Å². The van der Waals surface area contributed by atoms with Crippen molar-refractivity contribution in [3.63, 3.8) is 0 Å². The first-order valence-corrected chi connectivity index (χ1v) is 9.17. The van der Waals surface area contributed by atoms with E-state index in [1.165, 1.54) is 5.56 Å². The predicted octanol–water partition coefficient (Wildman–Crippen LogP) is 5.81. The van der Waals surface area contributed by atoms with Crippen LogP contribution in [-0.4, -0.2) is 4.98 Å². The zero-order valence-corrected chi connectivity index (χ0v) is 15.7. The van der Waals surface area contributed by atoms with Crippen molar-refractivity contribution in [1.82, 2.24) is 4.98 Å². The zero-order chi connectivity index (χ0) is 19.2. The molecule has 0 fully saturated rings. The maximum absolute atomic E-state index is 5.89. The van der Waals surface area contributed by atoms with Crippen molar-refractivity contribution >= 4 is 0 Å². The molecule has 4 heteroatoms. The molecule has 1 heterocycles. The van der Waals surface area contributed by atoms with Gasteiger partial charge in [0.25, 0.3) is 0 Å². The molecule has 4 nitrogen and oxygen atoms in total. The Morgan fingerprint density at radius 2 is 1.54 bits per heavy atom. The summed E-state index contributed by atoms with van der Waals surface area (Å²) in [5.74, 6) is 2.09. The fourth-order valence-electron chi connectivity index (χ4n) is 2.87. The summed E-state index contributed by atoms with van der Waals surface area (Å²) in [5.41, 5.74) is 4.05. The van der Waals surface area contributed by atoms with Gasteiger partial charge in [0.05, 0.1) is 0 Å². The summed E-state index contributed by atoms with van der Waals surface area (Å²) in [6.07, 6.45) is 1.63. The Hall–Kier alpha value is -3.53. The van der Waals surface area contributed by atoms with E-state index in [1.807, 2.05) is 60.7 Å². The fraction of sp³-hybridized carbons (Fsp3) is 0.125. The molecule has 140 valence electrons. The van der Waals surface area contributed by atoms with E-state index in [0.717, 1.165) is 28.3 Å². The predicted molar refractivity (Wildman–Crippen MR) is 108 cm³/mol. The molecule has 0 aliphatic rings. The minimum Gasteiger partial charge on any atom is -0.489 e. The van der Waals surface area contributed by atoms with Crippen molar-refractivity contribution in [3.8, 4) is 23.0 Å². The number of aromatic nitrogens is 1. The van der Waals surface area contributed by atoms with Crippen LogP contribution in [0.15, 0.2) is 89.5 Å². The number of rotatable bonds is 7. The standard InChI is InChI=1S/C24H21NO3/c1-18-7-5-8-19(13-18)15-26-22-11-6-12-23(14-22)27-16-21-17-28-24(25-21)20-9-3-2-4-10-20/h2-14,17H,15-16H2,1H3. The molecule has 28 heavy (non-hydrogen) atoms. The van der Waals surface area contributed by atoms with Crippen molar-refractivity contribution < 1.29 is 13.9 Å². The van der Waals surface area contributed by atoms with Gasteiger partial charge in [-0.3, -0.25) is 0 Å². The first kappa shape index (κ1) is 17.9. The summed E-state index contributed by atoms with van der Waals surface area (Å²) in [6.45, 7) is 2.93. The topological polar surface area (TPSA) is 44.5 Å². The Morgan fingerprint density at radius 3 is 2.32 bits per heavy atom. The van der Waals surface area contributed by atoms with E-state index in [4.69, 9.17) is 13.9 Å². The number of ether oxygens (including phenoxy) is 2. The van der Waals surface area contributed by atoms with Crippen LogP contribution in [0.5, 0.6) is 11.5 Å². The molecule has 1 aromatic heterocycles. The molecule has 0 atom stereocenters. The first-order chi connectivity index (χ1) is 13.8. The first-order valence-electron chi connectivity index (χ1n) is 9.17. The van der Waals surface area contributed by atoms with Gasteiger partial charge in [-0.05, 0) is 36.8 Å². The lowest BCUT2D eigenvalue weighted by atomic mass is 10.1. The van der Waals surface area contributed by atoms with Gasteiger partial charge in [0.2, 0.25) is 5.89 Å². The molecule has 4 rings (SSSR count). The molecule has 0 aliphatic heterocycles. The highest BCUT2D eigenvalue weighted by Crippen LogP contribution is 2.23. The molecular formula is C24H21NO3. The lowest BCUT2D eigenvalue weighted by molar-refractivity contribution is 0.287.